The van der Waals surface area contributed by atoms with E-state index in [4.69, 9.17) is 22.3 Å². The quantitative estimate of drug-likeness (QED) is 0.145. The summed E-state index contributed by atoms with van der Waals surface area (Å²) in [5.74, 6) is 5.83. The van der Waals surface area contributed by atoms with E-state index in [1.807, 2.05) is 57.4 Å². The molecular weight excluding hydrogens is 624 g/mol. The minimum absolute atomic E-state index is 0.0224. The smallest absolute Gasteiger partial charge is 0.271 e. The third kappa shape index (κ3) is 9.77. The zero-order valence-electron chi connectivity index (χ0n) is 26.5. The molecule has 0 aliphatic carbocycles. The molecule has 0 saturated carbocycles. The Labute approximate surface area is 278 Å². The van der Waals surface area contributed by atoms with E-state index in [-0.39, 0.29) is 18.4 Å². The number of terminal acetylenes is 2. The van der Waals surface area contributed by atoms with Gasteiger partial charge in [0.05, 0.1) is 11.0 Å². The monoisotopic (exact) mass is 660 g/mol. The Bertz CT molecular complexity index is 1640. The number of pyridine rings is 2. The SMILES string of the molecule is C#Cc1cnc2c(C)cc(OC(SC)C(=O)NCCC)cc2c1.C#Cc1cnc2c(C)cc(OC(SC)C(=O)NCCF)cc2c1. The van der Waals surface area contributed by atoms with E-state index in [2.05, 4.69) is 32.4 Å². The molecule has 2 unspecified atom stereocenters. The molecule has 4 aromatic rings. The first-order valence-corrected chi connectivity index (χ1v) is 17.0. The summed E-state index contributed by atoms with van der Waals surface area (Å²) in [6, 6.07) is 11.1. The van der Waals surface area contributed by atoms with Crippen molar-refractivity contribution in [2.75, 3.05) is 32.3 Å². The predicted molar refractivity (Wildman–Crippen MR) is 187 cm³/mol. The van der Waals surface area contributed by atoms with Gasteiger partial charge in [0.25, 0.3) is 11.8 Å². The van der Waals surface area contributed by atoms with Gasteiger partial charge >= 0.3 is 0 Å². The van der Waals surface area contributed by atoms with Crippen LogP contribution in [0.4, 0.5) is 4.39 Å². The number of thioether (sulfide) groups is 2. The van der Waals surface area contributed by atoms with Crippen LogP contribution in [0.5, 0.6) is 11.5 Å². The predicted octanol–water partition coefficient (Wildman–Crippen LogP) is 5.80. The molecule has 2 aromatic heterocycles. The summed E-state index contributed by atoms with van der Waals surface area (Å²) < 4.78 is 23.8. The summed E-state index contributed by atoms with van der Waals surface area (Å²) in [4.78, 5) is 32.7. The van der Waals surface area contributed by atoms with Crippen molar-refractivity contribution in [2.24, 2.45) is 0 Å². The van der Waals surface area contributed by atoms with Gasteiger partial charge in [0.1, 0.15) is 18.2 Å². The number of nitrogens with one attached hydrogen (secondary N) is 2. The number of benzene rings is 2. The van der Waals surface area contributed by atoms with E-state index in [1.54, 1.807) is 24.7 Å². The molecule has 0 bridgehead atoms. The molecule has 11 heteroatoms. The van der Waals surface area contributed by atoms with Crippen molar-refractivity contribution in [1.29, 1.82) is 0 Å². The standard InChI is InChI=1S/C18H20N2O2S.C17H17FN2O2S/c1-5-7-19-17(21)18(23-4)22-15-8-12(3)16-14(10-15)9-13(6-2)11-20-16;1-4-12-8-13-9-14(7-11(2)15(13)20-10-12)22-17(23-3)16(21)19-6-5-18/h2,8-11,18H,5,7H2,1,3-4H3,(H,19,21);1,7-10,17H,5-6H2,2-3H3,(H,19,21). The fraction of sp³-hybridized carbons (Fsp3) is 0.314. The molecule has 4 rings (SSSR count). The minimum atomic E-state index is -0.748. The molecule has 2 heterocycles. The van der Waals surface area contributed by atoms with Crippen molar-refractivity contribution in [3.8, 4) is 36.2 Å². The lowest BCUT2D eigenvalue weighted by molar-refractivity contribution is -0.125. The van der Waals surface area contributed by atoms with Crippen LogP contribution in [0.3, 0.4) is 0 Å². The van der Waals surface area contributed by atoms with Gasteiger partial charge in [0, 0.05) is 47.4 Å². The lowest BCUT2D eigenvalue weighted by atomic mass is 10.1. The summed E-state index contributed by atoms with van der Waals surface area (Å²) in [6.45, 7) is 5.90. The molecule has 240 valence electrons. The molecular formula is C35H37FN4O4S2. The summed E-state index contributed by atoms with van der Waals surface area (Å²) in [7, 11) is 0. The van der Waals surface area contributed by atoms with Crippen molar-refractivity contribution in [2.45, 2.75) is 38.1 Å². The number of alkyl halides is 1. The Morgan fingerprint density at radius 2 is 1.24 bits per heavy atom. The van der Waals surface area contributed by atoms with Crippen LogP contribution in [0.25, 0.3) is 21.8 Å². The Hall–Kier alpha value is -4.45. The van der Waals surface area contributed by atoms with E-state index < -0.39 is 17.5 Å². The van der Waals surface area contributed by atoms with Crippen LogP contribution in [-0.2, 0) is 9.59 Å². The average molecular weight is 661 g/mol. The molecule has 2 amide bonds. The number of nitrogens with zero attached hydrogens (tertiary/aromatic N) is 2. The van der Waals surface area contributed by atoms with Gasteiger partial charge in [-0.3, -0.25) is 19.6 Å². The molecule has 0 fully saturated rings. The van der Waals surface area contributed by atoms with Gasteiger partial charge < -0.3 is 20.1 Å². The third-order valence-electron chi connectivity index (χ3n) is 6.51. The molecule has 2 N–H and O–H groups in total. The Morgan fingerprint density at radius 3 is 1.61 bits per heavy atom. The first kappa shape index (κ1) is 36.0. The van der Waals surface area contributed by atoms with E-state index >= 15 is 0 Å². The topological polar surface area (TPSA) is 102 Å². The lowest BCUT2D eigenvalue weighted by Crippen LogP contribution is -2.37. The Balaban J connectivity index is 0.000000250. The van der Waals surface area contributed by atoms with E-state index in [0.29, 0.717) is 23.6 Å². The number of carbonyl (C=O) groups is 2. The van der Waals surface area contributed by atoms with Crippen LogP contribution < -0.4 is 20.1 Å². The molecule has 0 saturated heterocycles. The van der Waals surface area contributed by atoms with Gasteiger partial charge in [-0.25, -0.2) is 4.39 Å². The number of amides is 2. The van der Waals surface area contributed by atoms with Crippen LogP contribution in [0.2, 0.25) is 0 Å². The number of rotatable bonds is 12. The van der Waals surface area contributed by atoms with Crippen LogP contribution in [0, 0.1) is 38.5 Å². The number of fused-ring (bicyclic) bond motifs is 2. The normalized spacial score (nSPS) is 11.7. The van der Waals surface area contributed by atoms with E-state index in [1.165, 1.54) is 23.5 Å². The molecule has 46 heavy (non-hydrogen) atoms. The van der Waals surface area contributed by atoms with Gasteiger partial charge in [0.15, 0.2) is 0 Å². The largest absolute Gasteiger partial charge is 0.470 e. The van der Waals surface area contributed by atoms with Gasteiger partial charge in [-0.2, -0.15) is 0 Å². The maximum Gasteiger partial charge on any atom is 0.271 e. The van der Waals surface area contributed by atoms with Gasteiger partial charge in [-0.1, -0.05) is 18.8 Å². The first-order chi connectivity index (χ1) is 22.2. The second kappa shape index (κ2) is 17.9. The second-order valence-electron chi connectivity index (χ2n) is 10.0. The number of ether oxygens (including phenoxy) is 2. The number of halogens is 1. The fourth-order valence-corrected chi connectivity index (χ4v) is 5.35. The van der Waals surface area contributed by atoms with Crippen molar-refractivity contribution in [3.63, 3.8) is 0 Å². The van der Waals surface area contributed by atoms with Gasteiger partial charge in [-0.15, -0.1) is 36.4 Å². The lowest BCUT2D eigenvalue weighted by Gasteiger charge is -2.17. The number of carbonyl (C=O) groups excluding carboxylic acids is 2. The average Bonchev–Trinajstić information content (AvgIpc) is 3.07. The molecule has 2 aromatic carbocycles. The van der Waals surface area contributed by atoms with Crippen molar-refractivity contribution >= 4 is 57.1 Å². The zero-order valence-corrected chi connectivity index (χ0v) is 28.1. The van der Waals surface area contributed by atoms with Gasteiger partial charge in [-0.05, 0) is 80.3 Å². The number of aromatic nitrogens is 2. The summed E-state index contributed by atoms with van der Waals surface area (Å²) in [5, 5.41) is 7.08. The van der Waals surface area contributed by atoms with Crippen LogP contribution in [0.1, 0.15) is 35.6 Å². The highest BCUT2D eigenvalue weighted by molar-refractivity contribution is 8.00. The van der Waals surface area contributed by atoms with Crippen molar-refractivity contribution in [3.05, 3.63) is 71.0 Å². The Morgan fingerprint density at radius 1 is 0.804 bits per heavy atom. The van der Waals surface area contributed by atoms with Crippen molar-refractivity contribution < 1.29 is 23.5 Å². The first-order valence-electron chi connectivity index (χ1n) is 14.4. The highest BCUT2D eigenvalue weighted by Gasteiger charge is 2.20. The van der Waals surface area contributed by atoms with Crippen LogP contribution >= 0.6 is 23.5 Å². The van der Waals surface area contributed by atoms with Crippen LogP contribution in [-0.4, -0.2) is 64.9 Å². The minimum Gasteiger partial charge on any atom is -0.470 e. The highest BCUT2D eigenvalue weighted by Crippen LogP contribution is 2.28. The zero-order chi connectivity index (χ0) is 33.6. The molecule has 0 radical (unpaired) electrons. The third-order valence-corrected chi connectivity index (χ3v) is 7.99. The second-order valence-corrected chi connectivity index (χ2v) is 11.8. The van der Waals surface area contributed by atoms with Crippen molar-refractivity contribution in [1.82, 2.24) is 20.6 Å². The molecule has 0 spiro atoms. The van der Waals surface area contributed by atoms with Crippen LogP contribution in [0.15, 0.2) is 48.8 Å². The number of hydrogen-bond acceptors (Lipinski definition) is 8. The molecule has 2 atom stereocenters. The fourth-order valence-electron chi connectivity index (χ4n) is 4.34. The summed E-state index contributed by atoms with van der Waals surface area (Å²) in [6.07, 6.45) is 18.6. The Kier molecular flexibility index (Phi) is 14.0. The van der Waals surface area contributed by atoms with E-state index in [0.717, 1.165) is 44.9 Å². The maximum absolute atomic E-state index is 12.2. The maximum atomic E-state index is 12.2. The number of aryl methyl sites for hydroxylation is 2. The summed E-state index contributed by atoms with van der Waals surface area (Å²) >= 11 is 2.60. The number of hydrogen-bond donors (Lipinski definition) is 2. The summed E-state index contributed by atoms with van der Waals surface area (Å²) in [5.41, 5.74) is 3.68. The van der Waals surface area contributed by atoms with E-state index in [9.17, 15) is 14.0 Å². The van der Waals surface area contributed by atoms with Gasteiger partial charge in [0.2, 0.25) is 10.9 Å². The molecule has 0 aliphatic heterocycles. The molecule has 8 nitrogen and oxygen atoms in total. The highest BCUT2D eigenvalue weighted by atomic mass is 32.2. The molecule has 0 aliphatic rings.